The van der Waals surface area contributed by atoms with Crippen LogP contribution in [0.4, 0.5) is 0 Å². The van der Waals surface area contributed by atoms with Crippen LogP contribution in [0.5, 0.6) is 0 Å². The summed E-state index contributed by atoms with van der Waals surface area (Å²) < 4.78 is 0.709. The number of benzene rings is 1. The Balaban J connectivity index is 1.46. The fourth-order valence-corrected chi connectivity index (χ4v) is 4.19. The van der Waals surface area contributed by atoms with Crippen molar-refractivity contribution in [3.63, 3.8) is 0 Å². The van der Waals surface area contributed by atoms with Gasteiger partial charge >= 0.3 is 0 Å². The minimum Gasteiger partial charge on any atom is -0.355 e. The number of carbonyl (C=O) groups excluding carboxylic acids is 4. The summed E-state index contributed by atoms with van der Waals surface area (Å²) in [5.41, 5.74) is 0.444. The highest BCUT2D eigenvalue weighted by atomic mass is 79.9. The van der Waals surface area contributed by atoms with Gasteiger partial charge in [-0.25, -0.2) is 0 Å². The van der Waals surface area contributed by atoms with E-state index in [9.17, 15) is 19.2 Å². The maximum Gasteiger partial charge on any atom is 0.262 e. The summed E-state index contributed by atoms with van der Waals surface area (Å²) in [7, 11) is 0. The van der Waals surface area contributed by atoms with E-state index in [2.05, 4.69) is 21.2 Å². The van der Waals surface area contributed by atoms with Crippen molar-refractivity contribution < 1.29 is 19.2 Å². The molecule has 0 aromatic heterocycles. The number of carbonyl (C=O) groups is 4. The van der Waals surface area contributed by atoms with E-state index in [-0.39, 0.29) is 23.8 Å². The first-order valence-corrected chi connectivity index (χ1v) is 8.88. The zero-order chi connectivity index (χ0) is 17.8. The van der Waals surface area contributed by atoms with E-state index in [1.165, 1.54) is 0 Å². The van der Waals surface area contributed by atoms with E-state index >= 15 is 0 Å². The summed E-state index contributed by atoms with van der Waals surface area (Å²) in [6, 6.07) is 4.88. The van der Waals surface area contributed by atoms with Gasteiger partial charge in [-0.2, -0.15) is 0 Å². The average molecular weight is 406 g/mol. The molecule has 0 aliphatic carbocycles. The lowest BCUT2D eigenvalue weighted by molar-refractivity contribution is -0.131. The first-order chi connectivity index (χ1) is 11.9. The Morgan fingerprint density at radius 2 is 1.96 bits per heavy atom. The van der Waals surface area contributed by atoms with Crippen molar-refractivity contribution in [1.82, 2.24) is 15.1 Å². The zero-order valence-corrected chi connectivity index (χ0v) is 15.0. The van der Waals surface area contributed by atoms with Crippen LogP contribution in [0.15, 0.2) is 22.7 Å². The zero-order valence-electron chi connectivity index (χ0n) is 13.4. The minimum absolute atomic E-state index is 0.0141. The number of nitrogens with one attached hydrogen (secondary N) is 1. The van der Waals surface area contributed by atoms with Crippen LogP contribution in [0, 0.1) is 5.41 Å². The quantitative estimate of drug-likeness (QED) is 0.736. The van der Waals surface area contributed by atoms with Gasteiger partial charge < -0.3 is 10.2 Å². The second-order valence-electron chi connectivity index (χ2n) is 6.91. The lowest BCUT2D eigenvalue weighted by Gasteiger charge is -2.23. The van der Waals surface area contributed by atoms with Crippen LogP contribution in [-0.2, 0) is 9.59 Å². The number of fused-ring (bicyclic) bond motifs is 1. The van der Waals surface area contributed by atoms with Gasteiger partial charge in [0.1, 0.15) is 6.54 Å². The van der Waals surface area contributed by atoms with Gasteiger partial charge in [0, 0.05) is 35.9 Å². The highest BCUT2D eigenvalue weighted by molar-refractivity contribution is 9.10. The molecule has 0 saturated carbocycles. The fourth-order valence-electron chi connectivity index (χ4n) is 3.83. The molecule has 1 atom stereocenters. The van der Waals surface area contributed by atoms with Gasteiger partial charge in [-0.05, 0) is 24.6 Å². The lowest BCUT2D eigenvalue weighted by Crippen LogP contribution is -2.42. The summed E-state index contributed by atoms with van der Waals surface area (Å²) >= 11 is 3.29. The van der Waals surface area contributed by atoms with Crippen molar-refractivity contribution in [3.05, 3.63) is 33.8 Å². The largest absolute Gasteiger partial charge is 0.355 e. The fraction of sp³-hybridized carbons (Fsp3) is 0.412. The Kier molecular flexibility index (Phi) is 3.68. The summed E-state index contributed by atoms with van der Waals surface area (Å²) in [4.78, 5) is 51.6. The molecule has 1 aromatic carbocycles. The summed E-state index contributed by atoms with van der Waals surface area (Å²) in [6.07, 6.45) is 1.18. The Bertz CT molecular complexity index is 824. The SMILES string of the molecule is O=C1CC2(CCN(C(=O)CN3C(=O)c4ccc(Br)cc4C3=O)C2)CN1. The normalized spacial score (nSPS) is 25.1. The van der Waals surface area contributed by atoms with Crippen LogP contribution in [0.3, 0.4) is 0 Å². The van der Waals surface area contributed by atoms with Crippen LogP contribution in [0.2, 0.25) is 0 Å². The second-order valence-corrected chi connectivity index (χ2v) is 7.82. The average Bonchev–Trinajstić information content (AvgIpc) is 3.22. The number of likely N-dealkylation sites (tertiary alicyclic amines) is 1. The molecule has 1 unspecified atom stereocenters. The predicted octanol–water partition coefficient (Wildman–Crippen LogP) is 0.784. The first-order valence-electron chi connectivity index (χ1n) is 8.09. The van der Waals surface area contributed by atoms with Gasteiger partial charge in [0.05, 0.1) is 11.1 Å². The van der Waals surface area contributed by atoms with E-state index in [0.29, 0.717) is 41.7 Å². The van der Waals surface area contributed by atoms with Crippen molar-refractivity contribution in [3.8, 4) is 0 Å². The summed E-state index contributed by atoms with van der Waals surface area (Å²) in [6.45, 7) is 1.35. The Morgan fingerprint density at radius 1 is 1.20 bits per heavy atom. The molecule has 3 aliphatic heterocycles. The number of halogens is 1. The highest BCUT2D eigenvalue weighted by Gasteiger charge is 2.46. The number of rotatable bonds is 2. The van der Waals surface area contributed by atoms with E-state index in [0.717, 1.165) is 11.3 Å². The number of hydrogen-bond donors (Lipinski definition) is 1. The van der Waals surface area contributed by atoms with Gasteiger partial charge in [0.15, 0.2) is 0 Å². The van der Waals surface area contributed by atoms with Crippen molar-refractivity contribution >= 4 is 39.6 Å². The van der Waals surface area contributed by atoms with Crippen LogP contribution in [-0.4, -0.2) is 59.6 Å². The molecule has 2 saturated heterocycles. The number of hydrogen-bond acceptors (Lipinski definition) is 4. The third kappa shape index (κ3) is 2.64. The van der Waals surface area contributed by atoms with Crippen LogP contribution < -0.4 is 5.32 Å². The van der Waals surface area contributed by atoms with E-state index < -0.39 is 11.8 Å². The van der Waals surface area contributed by atoms with Gasteiger partial charge in [-0.1, -0.05) is 15.9 Å². The van der Waals surface area contributed by atoms with Crippen LogP contribution in [0.1, 0.15) is 33.6 Å². The molecule has 0 bridgehead atoms. The van der Waals surface area contributed by atoms with Crippen LogP contribution >= 0.6 is 15.9 Å². The van der Waals surface area contributed by atoms with Gasteiger partial charge in [-0.15, -0.1) is 0 Å². The van der Waals surface area contributed by atoms with E-state index in [4.69, 9.17) is 0 Å². The molecule has 25 heavy (non-hydrogen) atoms. The van der Waals surface area contributed by atoms with Gasteiger partial charge in [0.2, 0.25) is 11.8 Å². The maximum atomic E-state index is 12.6. The van der Waals surface area contributed by atoms with Gasteiger partial charge in [0.25, 0.3) is 11.8 Å². The molecule has 8 heteroatoms. The molecule has 1 aromatic rings. The molecule has 1 N–H and O–H groups in total. The molecule has 1 spiro atoms. The monoisotopic (exact) mass is 405 g/mol. The maximum absolute atomic E-state index is 12.6. The first kappa shape index (κ1) is 16.3. The Labute approximate surface area is 152 Å². The van der Waals surface area contributed by atoms with Crippen molar-refractivity contribution in [2.24, 2.45) is 5.41 Å². The molecule has 130 valence electrons. The molecule has 3 heterocycles. The number of amides is 4. The predicted molar refractivity (Wildman–Crippen MR) is 90.8 cm³/mol. The van der Waals surface area contributed by atoms with Crippen molar-refractivity contribution in [2.75, 3.05) is 26.2 Å². The Hall–Kier alpha value is -2.22. The Morgan fingerprint density at radius 3 is 2.68 bits per heavy atom. The second kappa shape index (κ2) is 5.66. The number of imide groups is 1. The standard InChI is InChI=1S/C17H16BrN3O4/c18-10-1-2-11-12(5-10)16(25)21(15(11)24)7-14(23)20-4-3-17(9-20)6-13(22)19-8-17/h1-2,5H,3-4,6-9H2,(H,19,22). The third-order valence-electron chi connectivity index (χ3n) is 5.21. The lowest BCUT2D eigenvalue weighted by atomic mass is 9.86. The van der Waals surface area contributed by atoms with Crippen molar-refractivity contribution in [1.29, 1.82) is 0 Å². The van der Waals surface area contributed by atoms with Crippen molar-refractivity contribution in [2.45, 2.75) is 12.8 Å². The van der Waals surface area contributed by atoms with Gasteiger partial charge in [-0.3, -0.25) is 24.1 Å². The molecule has 4 amide bonds. The molecule has 2 fully saturated rings. The van der Waals surface area contributed by atoms with E-state index in [1.54, 1.807) is 23.1 Å². The molecule has 0 radical (unpaired) electrons. The molecular weight excluding hydrogens is 390 g/mol. The van der Waals surface area contributed by atoms with Crippen LogP contribution in [0.25, 0.3) is 0 Å². The molecular formula is C17H16BrN3O4. The number of nitrogens with zero attached hydrogens (tertiary/aromatic N) is 2. The summed E-state index contributed by atoms with van der Waals surface area (Å²) in [5.74, 6) is -1.13. The molecule has 7 nitrogen and oxygen atoms in total. The van der Waals surface area contributed by atoms with E-state index in [1.807, 2.05) is 0 Å². The molecule has 3 aliphatic rings. The highest BCUT2D eigenvalue weighted by Crippen LogP contribution is 2.36. The third-order valence-corrected chi connectivity index (χ3v) is 5.71. The molecule has 4 rings (SSSR count). The summed E-state index contributed by atoms with van der Waals surface area (Å²) in [5, 5.41) is 2.82. The minimum atomic E-state index is -0.443. The topological polar surface area (TPSA) is 86.8 Å². The smallest absolute Gasteiger partial charge is 0.262 e.